The van der Waals surface area contributed by atoms with Gasteiger partial charge in [0.2, 0.25) is 0 Å². The number of amides is 1. The van der Waals surface area contributed by atoms with Gasteiger partial charge in [0.25, 0.3) is 5.91 Å². The van der Waals surface area contributed by atoms with Gasteiger partial charge in [-0.25, -0.2) is 5.43 Å². The van der Waals surface area contributed by atoms with Crippen molar-refractivity contribution in [3.63, 3.8) is 0 Å². The summed E-state index contributed by atoms with van der Waals surface area (Å²) < 4.78 is 5.49. The SMILES string of the molecule is Cc1cc(Cl)ccc1OCC(=O)NN=C1CCN(C(C)C)CC1. The first kappa shape index (κ1) is 17.8. The number of benzene rings is 1. The Balaban J connectivity index is 1.76. The van der Waals surface area contributed by atoms with Crippen molar-refractivity contribution in [1.29, 1.82) is 0 Å². The van der Waals surface area contributed by atoms with Gasteiger partial charge in [0.05, 0.1) is 0 Å². The smallest absolute Gasteiger partial charge is 0.277 e. The van der Waals surface area contributed by atoms with Gasteiger partial charge in [0.15, 0.2) is 6.61 Å². The lowest BCUT2D eigenvalue weighted by Crippen LogP contribution is -2.39. The highest BCUT2D eigenvalue weighted by molar-refractivity contribution is 6.30. The van der Waals surface area contributed by atoms with E-state index in [0.29, 0.717) is 16.8 Å². The number of hydrazone groups is 1. The van der Waals surface area contributed by atoms with Crippen molar-refractivity contribution in [1.82, 2.24) is 10.3 Å². The van der Waals surface area contributed by atoms with E-state index in [9.17, 15) is 4.79 Å². The minimum absolute atomic E-state index is 0.0582. The maximum Gasteiger partial charge on any atom is 0.277 e. The first-order valence-corrected chi connectivity index (χ1v) is 8.31. The monoisotopic (exact) mass is 337 g/mol. The molecule has 0 aliphatic carbocycles. The van der Waals surface area contributed by atoms with Crippen molar-refractivity contribution in [2.75, 3.05) is 19.7 Å². The second kappa shape index (κ2) is 8.31. The van der Waals surface area contributed by atoms with Crippen LogP contribution in [0.3, 0.4) is 0 Å². The third kappa shape index (κ3) is 5.52. The predicted molar refractivity (Wildman–Crippen MR) is 93.2 cm³/mol. The highest BCUT2D eigenvalue weighted by Gasteiger charge is 2.17. The van der Waals surface area contributed by atoms with Crippen molar-refractivity contribution in [3.8, 4) is 5.75 Å². The van der Waals surface area contributed by atoms with Crippen molar-refractivity contribution in [2.24, 2.45) is 5.10 Å². The number of hydrogen-bond donors (Lipinski definition) is 1. The van der Waals surface area contributed by atoms with Crippen LogP contribution in [0.15, 0.2) is 23.3 Å². The van der Waals surface area contributed by atoms with Crippen LogP contribution >= 0.6 is 11.6 Å². The minimum atomic E-state index is -0.252. The minimum Gasteiger partial charge on any atom is -0.483 e. The molecule has 0 spiro atoms. The highest BCUT2D eigenvalue weighted by Crippen LogP contribution is 2.21. The number of halogens is 1. The second-order valence-electron chi connectivity index (χ2n) is 6.04. The molecular formula is C17H24ClN3O2. The Bertz CT molecular complexity index is 577. The molecule has 0 unspecified atom stereocenters. The van der Waals surface area contributed by atoms with E-state index in [0.717, 1.165) is 37.2 Å². The number of ether oxygens (including phenoxy) is 1. The summed E-state index contributed by atoms with van der Waals surface area (Å²) in [7, 11) is 0. The molecule has 0 aromatic heterocycles. The molecule has 1 fully saturated rings. The van der Waals surface area contributed by atoms with Crippen molar-refractivity contribution >= 4 is 23.2 Å². The molecule has 0 atom stereocenters. The Morgan fingerprint density at radius 1 is 1.39 bits per heavy atom. The molecule has 1 aliphatic heterocycles. The van der Waals surface area contributed by atoms with Crippen LogP contribution in [0, 0.1) is 6.92 Å². The van der Waals surface area contributed by atoms with Crippen LogP contribution < -0.4 is 10.2 Å². The fourth-order valence-electron chi connectivity index (χ4n) is 2.50. The molecule has 0 bridgehead atoms. The fourth-order valence-corrected chi connectivity index (χ4v) is 2.73. The number of piperidine rings is 1. The molecule has 1 aliphatic rings. The molecule has 1 amide bonds. The lowest BCUT2D eigenvalue weighted by Gasteiger charge is -2.30. The van der Waals surface area contributed by atoms with Crippen LogP contribution in [0.25, 0.3) is 0 Å². The molecule has 6 heteroatoms. The Kier molecular flexibility index (Phi) is 6.42. The Labute approximate surface area is 142 Å². The fraction of sp³-hybridized carbons (Fsp3) is 0.529. The molecule has 0 radical (unpaired) electrons. The largest absolute Gasteiger partial charge is 0.483 e. The summed E-state index contributed by atoms with van der Waals surface area (Å²) in [4.78, 5) is 14.2. The molecule has 1 N–H and O–H groups in total. The van der Waals surface area contributed by atoms with Crippen molar-refractivity contribution in [3.05, 3.63) is 28.8 Å². The normalized spacial score (nSPS) is 15.6. The van der Waals surface area contributed by atoms with Gasteiger partial charge in [0.1, 0.15) is 5.75 Å². The average molecular weight is 338 g/mol. The van der Waals surface area contributed by atoms with Crippen molar-refractivity contribution in [2.45, 2.75) is 39.7 Å². The lowest BCUT2D eigenvalue weighted by molar-refractivity contribution is -0.123. The zero-order valence-electron chi connectivity index (χ0n) is 13.9. The second-order valence-corrected chi connectivity index (χ2v) is 6.48. The van der Waals surface area contributed by atoms with Gasteiger partial charge >= 0.3 is 0 Å². The zero-order valence-corrected chi connectivity index (χ0v) is 14.7. The van der Waals surface area contributed by atoms with Gasteiger partial charge in [-0.3, -0.25) is 4.79 Å². The van der Waals surface area contributed by atoms with Gasteiger partial charge in [-0.05, 0) is 44.5 Å². The number of aryl methyl sites for hydroxylation is 1. The van der Waals surface area contributed by atoms with Crippen LogP contribution in [0.1, 0.15) is 32.3 Å². The average Bonchev–Trinajstić information content (AvgIpc) is 2.52. The molecule has 1 saturated heterocycles. The van der Waals surface area contributed by atoms with Crippen molar-refractivity contribution < 1.29 is 9.53 Å². The van der Waals surface area contributed by atoms with Gasteiger partial charge in [-0.1, -0.05) is 11.6 Å². The number of carbonyl (C=O) groups is 1. The number of nitrogens with one attached hydrogen (secondary N) is 1. The Morgan fingerprint density at radius 3 is 2.70 bits per heavy atom. The molecule has 1 aromatic rings. The zero-order chi connectivity index (χ0) is 16.8. The van der Waals surface area contributed by atoms with E-state index < -0.39 is 0 Å². The number of carbonyl (C=O) groups excluding carboxylic acids is 1. The van der Waals surface area contributed by atoms with E-state index in [1.165, 1.54) is 0 Å². The summed E-state index contributed by atoms with van der Waals surface area (Å²) in [6.07, 6.45) is 1.80. The van der Waals surface area contributed by atoms with E-state index in [2.05, 4.69) is 29.3 Å². The van der Waals surface area contributed by atoms with E-state index in [4.69, 9.17) is 16.3 Å². The molecule has 1 heterocycles. The topological polar surface area (TPSA) is 53.9 Å². The number of likely N-dealkylation sites (tertiary alicyclic amines) is 1. The van der Waals surface area contributed by atoms with Crippen LogP contribution in [-0.2, 0) is 4.79 Å². The molecule has 23 heavy (non-hydrogen) atoms. The molecular weight excluding hydrogens is 314 g/mol. The maximum absolute atomic E-state index is 11.8. The summed E-state index contributed by atoms with van der Waals surface area (Å²) in [5.41, 5.74) is 4.52. The van der Waals surface area contributed by atoms with Crippen LogP contribution in [0.5, 0.6) is 5.75 Å². The van der Waals surface area contributed by atoms with Crippen LogP contribution in [0.4, 0.5) is 0 Å². The summed E-state index contributed by atoms with van der Waals surface area (Å²) in [6, 6.07) is 5.86. The van der Waals surface area contributed by atoms with Gasteiger partial charge in [-0.2, -0.15) is 5.10 Å². The number of rotatable bonds is 5. The number of nitrogens with zero attached hydrogens (tertiary/aromatic N) is 2. The Morgan fingerprint density at radius 2 is 2.09 bits per heavy atom. The molecule has 0 saturated carbocycles. The van der Waals surface area contributed by atoms with Crippen LogP contribution in [0.2, 0.25) is 5.02 Å². The summed E-state index contributed by atoms with van der Waals surface area (Å²) in [6.45, 7) is 8.21. The summed E-state index contributed by atoms with van der Waals surface area (Å²) >= 11 is 5.89. The lowest BCUT2D eigenvalue weighted by atomic mass is 10.1. The van der Waals surface area contributed by atoms with Gasteiger partial charge in [0, 0.05) is 42.7 Å². The van der Waals surface area contributed by atoms with E-state index in [1.807, 2.05) is 6.92 Å². The van der Waals surface area contributed by atoms with E-state index in [-0.39, 0.29) is 12.5 Å². The number of hydrogen-bond acceptors (Lipinski definition) is 4. The third-order valence-corrected chi connectivity index (χ3v) is 4.18. The molecule has 5 nitrogen and oxygen atoms in total. The standard InChI is InChI=1S/C17H24ClN3O2/c1-12(2)21-8-6-15(7-9-21)19-20-17(22)11-23-16-5-4-14(18)10-13(16)3/h4-5,10,12H,6-9,11H2,1-3H3,(H,20,22). The first-order valence-electron chi connectivity index (χ1n) is 7.93. The van der Waals surface area contributed by atoms with E-state index >= 15 is 0 Å². The Hall–Kier alpha value is -1.59. The quantitative estimate of drug-likeness (QED) is 0.840. The van der Waals surface area contributed by atoms with Crippen LogP contribution in [-0.4, -0.2) is 42.3 Å². The summed E-state index contributed by atoms with van der Waals surface area (Å²) in [5, 5.41) is 4.87. The first-order chi connectivity index (χ1) is 11.0. The van der Waals surface area contributed by atoms with Gasteiger partial charge < -0.3 is 9.64 Å². The predicted octanol–water partition coefficient (Wildman–Crippen LogP) is 3.00. The third-order valence-electron chi connectivity index (χ3n) is 3.94. The molecule has 126 valence electrons. The van der Waals surface area contributed by atoms with Gasteiger partial charge in [-0.15, -0.1) is 0 Å². The summed E-state index contributed by atoms with van der Waals surface area (Å²) in [5.74, 6) is 0.403. The molecule has 2 rings (SSSR count). The van der Waals surface area contributed by atoms with E-state index in [1.54, 1.807) is 18.2 Å². The molecule has 1 aromatic carbocycles. The maximum atomic E-state index is 11.8. The highest BCUT2D eigenvalue weighted by atomic mass is 35.5.